The molecular formula is C19H16ClN3O3. The molecule has 26 heavy (non-hydrogen) atoms. The maximum absolute atomic E-state index is 12.5. The van der Waals surface area contributed by atoms with Crippen LogP contribution in [0.1, 0.15) is 23.2 Å². The van der Waals surface area contributed by atoms with Crippen molar-refractivity contribution in [1.82, 2.24) is 4.98 Å². The Morgan fingerprint density at radius 1 is 1.08 bits per heavy atom. The van der Waals surface area contributed by atoms with Crippen LogP contribution in [0.25, 0.3) is 11.5 Å². The maximum atomic E-state index is 12.5. The van der Waals surface area contributed by atoms with Gasteiger partial charge in [0.1, 0.15) is 5.76 Å². The van der Waals surface area contributed by atoms with Gasteiger partial charge in [-0.15, -0.1) is 0 Å². The number of nitrogens with one attached hydrogen (secondary N) is 2. The summed E-state index contributed by atoms with van der Waals surface area (Å²) in [6, 6.07) is 14.1. The Balaban J connectivity index is 1.79. The average molecular weight is 370 g/mol. The number of aryl methyl sites for hydroxylation is 1. The van der Waals surface area contributed by atoms with Crippen LogP contribution in [-0.4, -0.2) is 16.8 Å². The Morgan fingerprint density at radius 3 is 2.46 bits per heavy atom. The van der Waals surface area contributed by atoms with Crippen LogP contribution in [0.2, 0.25) is 5.02 Å². The zero-order valence-corrected chi connectivity index (χ0v) is 14.9. The number of carbonyl (C=O) groups is 2. The standard InChI is InChI=1S/C19H16ClN3O3/c1-11-17(23-19(26-11)13-6-4-3-5-7-13)18(25)22-14-8-9-16(15(20)10-14)21-12(2)24/h3-10H,1-2H3,(H,21,24)(H,22,25). The summed E-state index contributed by atoms with van der Waals surface area (Å²) in [5, 5.41) is 5.65. The number of oxazole rings is 1. The van der Waals surface area contributed by atoms with Gasteiger partial charge in [-0.2, -0.15) is 0 Å². The second-order valence-electron chi connectivity index (χ2n) is 5.62. The molecule has 0 saturated heterocycles. The number of rotatable bonds is 4. The summed E-state index contributed by atoms with van der Waals surface area (Å²) in [4.78, 5) is 27.9. The first-order valence-corrected chi connectivity index (χ1v) is 8.23. The Hall–Kier alpha value is -3.12. The van der Waals surface area contributed by atoms with Crippen molar-refractivity contribution < 1.29 is 14.0 Å². The van der Waals surface area contributed by atoms with Crippen LogP contribution in [0.3, 0.4) is 0 Å². The minimum absolute atomic E-state index is 0.200. The minimum Gasteiger partial charge on any atom is -0.441 e. The lowest BCUT2D eigenvalue weighted by molar-refractivity contribution is -0.114. The number of halogens is 1. The van der Waals surface area contributed by atoms with Crippen LogP contribution in [0.15, 0.2) is 52.9 Å². The molecule has 0 radical (unpaired) electrons. The molecule has 1 aromatic heterocycles. The van der Waals surface area contributed by atoms with Gasteiger partial charge in [-0.25, -0.2) is 4.98 Å². The van der Waals surface area contributed by atoms with Crippen LogP contribution in [0.4, 0.5) is 11.4 Å². The molecule has 0 aliphatic rings. The first-order chi connectivity index (χ1) is 12.4. The molecule has 2 N–H and O–H groups in total. The van der Waals surface area contributed by atoms with E-state index in [9.17, 15) is 9.59 Å². The number of carbonyl (C=O) groups excluding carboxylic acids is 2. The smallest absolute Gasteiger partial charge is 0.277 e. The molecule has 1 heterocycles. The summed E-state index contributed by atoms with van der Waals surface area (Å²) < 4.78 is 5.60. The van der Waals surface area contributed by atoms with E-state index in [2.05, 4.69) is 15.6 Å². The highest BCUT2D eigenvalue weighted by Crippen LogP contribution is 2.26. The van der Waals surface area contributed by atoms with Gasteiger partial charge in [0.2, 0.25) is 11.8 Å². The molecule has 0 unspecified atom stereocenters. The van der Waals surface area contributed by atoms with Crippen LogP contribution in [0.5, 0.6) is 0 Å². The molecule has 0 aliphatic heterocycles. The van der Waals surface area contributed by atoms with E-state index in [1.807, 2.05) is 30.3 Å². The molecule has 0 bridgehead atoms. The third-order valence-corrected chi connectivity index (χ3v) is 3.88. The number of aromatic nitrogens is 1. The Kier molecular flexibility index (Phi) is 5.04. The summed E-state index contributed by atoms with van der Waals surface area (Å²) in [6.45, 7) is 3.07. The van der Waals surface area contributed by atoms with Gasteiger partial charge in [-0.05, 0) is 37.3 Å². The third kappa shape index (κ3) is 3.92. The number of hydrogen-bond acceptors (Lipinski definition) is 4. The Labute approximate surface area is 155 Å². The quantitative estimate of drug-likeness (QED) is 0.708. The average Bonchev–Trinajstić information content (AvgIpc) is 3.00. The molecule has 0 fully saturated rings. The van der Waals surface area contributed by atoms with Gasteiger partial charge < -0.3 is 15.1 Å². The highest BCUT2D eigenvalue weighted by atomic mass is 35.5. The van der Waals surface area contributed by atoms with Crippen molar-refractivity contribution in [3.8, 4) is 11.5 Å². The predicted molar refractivity (Wildman–Crippen MR) is 100 cm³/mol. The molecule has 3 rings (SSSR count). The van der Waals surface area contributed by atoms with Gasteiger partial charge in [0, 0.05) is 18.2 Å². The van der Waals surface area contributed by atoms with Crippen molar-refractivity contribution in [2.24, 2.45) is 0 Å². The number of benzene rings is 2. The van der Waals surface area contributed by atoms with E-state index >= 15 is 0 Å². The number of nitrogens with zero attached hydrogens (tertiary/aromatic N) is 1. The Bertz CT molecular complexity index is 967. The van der Waals surface area contributed by atoms with Crippen molar-refractivity contribution in [2.75, 3.05) is 10.6 Å². The monoisotopic (exact) mass is 369 g/mol. The number of amides is 2. The molecule has 132 valence electrons. The third-order valence-electron chi connectivity index (χ3n) is 3.57. The van der Waals surface area contributed by atoms with Gasteiger partial charge >= 0.3 is 0 Å². The van der Waals surface area contributed by atoms with Gasteiger partial charge in [0.05, 0.1) is 10.7 Å². The van der Waals surface area contributed by atoms with Gasteiger partial charge in [0.25, 0.3) is 5.91 Å². The zero-order valence-electron chi connectivity index (χ0n) is 14.2. The van der Waals surface area contributed by atoms with Gasteiger partial charge in [0.15, 0.2) is 5.69 Å². The molecule has 3 aromatic rings. The van der Waals surface area contributed by atoms with E-state index in [4.69, 9.17) is 16.0 Å². The van der Waals surface area contributed by atoms with E-state index in [0.29, 0.717) is 28.0 Å². The second-order valence-corrected chi connectivity index (χ2v) is 6.03. The second kappa shape index (κ2) is 7.41. The van der Waals surface area contributed by atoms with E-state index in [1.54, 1.807) is 25.1 Å². The van der Waals surface area contributed by atoms with Crippen molar-refractivity contribution in [1.29, 1.82) is 0 Å². The van der Waals surface area contributed by atoms with Crippen molar-refractivity contribution in [3.63, 3.8) is 0 Å². The van der Waals surface area contributed by atoms with Crippen molar-refractivity contribution in [3.05, 3.63) is 65.0 Å². The van der Waals surface area contributed by atoms with Crippen LogP contribution in [0, 0.1) is 6.92 Å². The van der Waals surface area contributed by atoms with Crippen molar-refractivity contribution in [2.45, 2.75) is 13.8 Å². The SMILES string of the molecule is CC(=O)Nc1ccc(NC(=O)c2nc(-c3ccccc3)oc2C)cc1Cl. The Morgan fingerprint density at radius 2 is 1.81 bits per heavy atom. The van der Waals surface area contributed by atoms with E-state index in [0.717, 1.165) is 5.56 Å². The first-order valence-electron chi connectivity index (χ1n) is 7.85. The fourth-order valence-corrected chi connectivity index (χ4v) is 2.61. The van der Waals surface area contributed by atoms with Crippen LogP contribution < -0.4 is 10.6 Å². The summed E-state index contributed by atoms with van der Waals surface area (Å²) in [7, 11) is 0. The highest BCUT2D eigenvalue weighted by Gasteiger charge is 2.18. The van der Waals surface area contributed by atoms with E-state index < -0.39 is 5.91 Å². The minimum atomic E-state index is -0.406. The van der Waals surface area contributed by atoms with E-state index in [-0.39, 0.29) is 11.6 Å². The molecule has 2 amide bonds. The molecule has 2 aromatic carbocycles. The topological polar surface area (TPSA) is 84.2 Å². The summed E-state index contributed by atoms with van der Waals surface area (Å²) in [6.07, 6.45) is 0. The normalized spacial score (nSPS) is 10.4. The van der Waals surface area contributed by atoms with Crippen LogP contribution in [-0.2, 0) is 4.79 Å². The molecule has 0 aliphatic carbocycles. The molecule has 6 nitrogen and oxygen atoms in total. The fraction of sp³-hybridized carbons (Fsp3) is 0.105. The lowest BCUT2D eigenvalue weighted by Crippen LogP contribution is -2.14. The molecule has 0 atom stereocenters. The van der Waals surface area contributed by atoms with Crippen molar-refractivity contribution >= 4 is 34.8 Å². The zero-order chi connectivity index (χ0) is 18.7. The predicted octanol–water partition coefficient (Wildman–Crippen LogP) is 4.51. The van der Waals surface area contributed by atoms with E-state index in [1.165, 1.54) is 6.92 Å². The van der Waals surface area contributed by atoms with Gasteiger partial charge in [-0.3, -0.25) is 9.59 Å². The largest absolute Gasteiger partial charge is 0.441 e. The number of anilines is 2. The summed E-state index contributed by atoms with van der Waals surface area (Å²) in [5.74, 6) is 0.168. The summed E-state index contributed by atoms with van der Waals surface area (Å²) >= 11 is 6.12. The lowest BCUT2D eigenvalue weighted by Gasteiger charge is -2.08. The first kappa shape index (κ1) is 17.7. The summed E-state index contributed by atoms with van der Waals surface area (Å²) in [5.41, 5.74) is 1.95. The van der Waals surface area contributed by atoms with Gasteiger partial charge in [-0.1, -0.05) is 29.8 Å². The lowest BCUT2D eigenvalue weighted by atomic mass is 10.2. The molecule has 7 heteroatoms. The van der Waals surface area contributed by atoms with Crippen LogP contribution >= 0.6 is 11.6 Å². The molecular weight excluding hydrogens is 354 g/mol. The maximum Gasteiger partial charge on any atom is 0.277 e. The molecule has 0 spiro atoms. The highest BCUT2D eigenvalue weighted by molar-refractivity contribution is 6.34. The fourth-order valence-electron chi connectivity index (χ4n) is 2.39. The number of hydrogen-bond donors (Lipinski definition) is 2. The molecule has 0 saturated carbocycles.